The number of hydrogen-bond acceptors (Lipinski definition) is 5. The molecular formula is C17H28N4O3S2. The molecule has 146 valence electrons. The maximum atomic E-state index is 11.8. The summed E-state index contributed by atoms with van der Waals surface area (Å²) in [5.74, 6) is 0.439. The summed E-state index contributed by atoms with van der Waals surface area (Å²) < 4.78 is 31.1. The van der Waals surface area contributed by atoms with Crippen LogP contribution in [-0.4, -0.2) is 66.0 Å². The third-order valence-electron chi connectivity index (χ3n) is 5.28. The first kappa shape index (κ1) is 19.6. The average Bonchev–Trinajstić information content (AvgIpc) is 3.28. The average molecular weight is 401 g/mol. The first-order chi connectivity index (χ1) is 12.3. The number of aromatic nitrogens is 2. The Bertz CT molecular complexity index is 769. The van der Waals surface area contributed by atoms with Crippen molar-refractivity contribution < 1.29 is 13.2 Å². The summed E-state index contributed by atoms with van der Waals surface area (Å²) in [6.45, 7) is 6.20. The molecule has 1 aromatic heterocycles. The molecule has 0 spiro atoms. The number of aryl methyl sites for hydroxylation is 1. The Kier molecular flexibility index (Phi) is 5.88. The summed E-state index contributed by atoms with van der Waals surface area (Å²) in [5, 5.41) is 8.59. The van der Waals surface area contributed by atoms with Gasteiger partial charge in [-0.3, -0.25) is 4.68 Å². The molecule has 0 amide bonds. The number of nitrogens with one attached hydrogen (secondary N) is 1. The first-order valence-electron chi connectivity index (χ1n) is 9.12. The monoisotopic (exact) mass is 400 g/mol. The predicted octanol–water partition coefficient (Wildman–Crippen LogP) is 1.34. The molecule has 2 saturated heterocycles. The fourth-order valence-corrected chi connectivity index (χ4v) is 5.54. The summed E-state index contributed by atoms with van der Waals surface area (Å²) in [6, 6.07) is -0.0534. The van der Waals surface area contributed by atoms with Crippen LogP contribution in [0.4, 0.5) is 0 Å². The zero-order valence-electron chi connectivity index (χ0n) is 15.7. The van der Waals surface area contributed by atoms with Crippen molar-refractivity contribution in [1.29, 1.82) is 0 Å². The Labute approximate surface area is 161 Å². The van der Waals surface area contributed by atoms with Crippen molar-refractivity contribution in [3.63, 3.8) is 0 Å². The Morgan fingerprint density at radius 2 is 2.19 bits per heavy atom. The molecule has 2 atom stereocenters. The number of thiocarbonyl (C=S) groups is 1. The van der Waals surface area contributed by atoms with E-state index in [0.717, 1.165) is 42.9 Å². The van der Waals surface area contributed by atoms with Crippen LogP contribution in [0.3, 0.4) is 0 Å². The molecule has 0 unspecified atom stereocenters. The Balaban J connectivity index is 1.62. The normalized spacial score (nSPS) is 24.7. The highest BCUT2D eigenvalue weighted by Crippen LogP contribution is 2.27. The second kappa shape index (κ2) is 7.82. The molecule has 0 saturated carbocycles. The van der Waals surface area contributed by atoms with Gasteiger partial charge in [-0.2, -0.15) is 5.10 Å². The van der Waals surface area contributed by atoms with Crippen LogP contribution in [0, 0.1) is 13.8 Å². The van der Waals surface area contributed by atoms with Gasteiger partial charge in [0.25, 0.3) is 0 Å². The standard InChI is InChI=1S/C17H28N4O3S2/c1-12-16(10-20(3)17(25)18-9-15-5-4-7-24-15)13(2)21(19-12)14-6-8-26(22,23)11-14/h14-15H,4-11H2,1-3H3,(H,18,25)/t14-,15-/m0/s1. The van der Waals surface area contributed by atoms with E-state index < -0.39 is 9.84 Å². The highest BCUT2D eigenvalue weighted by Gasteiger charge is 2.31. The van der Waals surface area contributed by atoms with E-state index in [4.69, 9.17) is 17.0 Å². The van der Waals surface area contributed by atoms with Crippen molar-refractivity contribution in [3.05, 3.63) is 17.0 Å². The van der Waals surface area contributed by atoms with Crippen LogP contribution in [0.2, 0.25) is 0 Å². The van der Waals surface area contributed by atoms with Gasteiger partial charge in [-0.1, -0.05) is 0 Å². The summed E-state index contributed by atoms with van der Waals surface area (Å²) in [5.41, 5.74) is 3.07. The quantitative estimate of drug-likeness (QED) is 0.748. The van der Waals surface area contributed by atoms with Gasteiger partial charge >= 0.3 is 0 Å². The van der Waals surface area contributed by atoms with Crippen molar-refractivity contribution >= 4 is 27.2 Å². The Morgan fingerprint density at radius 1 is 1.42 bits per heavy atom. The van der Waals surface area contributed by atoms with Crippen LogP contribution in [-0.2, 0) is 21.1 Å². The second-order valence-corrected chi connectivity index (χ2v) is 9.94. The molecule has 1 aromatic rings. The van der Waals surface area contributed by atoms with Crippen molar-refractivity contribution in [2.45, 2.75) is 51.8 Å². The van der Waals surface area contributed by atoms with Crippen molar-refractivity contribution in [1.82, 2.24) is 20.0 Å². The summed E-state index contributed by atoms with van der Waals surface area (Å²) in [4.78, 5) is 2.00. The lowest BCUT2D eigenvalue weighted by Crippen LogP contribution is -2.40. The molecule has 0 radical (unpaired) electrons. The fraction of sp³-hybridized carbons (Fsp3) is 0.765. The van der Waals surface area contributed by atoms with Gasteiger partial charge in [0.15, 0.2) is 14.9 Å². The largest absolute Gasteiger partial charge is 0.376 e. The van der Waals surface area contributed by atoms with Gasteiger partial charge in [0.1, 0.15) is 0 Å². The van der Waals surface area contributed by atoms with Gasteiger partial charge in [-0.05, 0) is 45.3 Å². The fourth-order valence-electron chi connectivity index (χ4n) is 3.70. The highest BCUT2D eigenvalue weighted by molar-refractivity contribution is 7.91. The lowest BCUT2D eigenvalue weighted by molar-refractivity contribution is 0.113. The van der Waals surface area contributed by atoms with Crippen molar-refractivity contribution in [3.8, 4) is 0 Å². The predicted molar refractivity (Wildman–Crippen MR) is 105 cm³/mol. The SMILES string of the molecule is Cc1nn([C@H]2CCS(=O)(=O)C2)c(C)c1CN(C)C(=S)NC[C@@H]1CCCO1. The molecule has 1 N–H and O–H groups in total. The van der Waals surface area contributed by atoms with Crippen LogP contribution in [0.25, 0.3) is 0 Å². The van der Waals surface area contributed by atoms with Gasteiger partial charge in [0.05, 0.1) is 29.3 Å². The molecule has 0 aliphatic carbocycles. The maximum Gasteiger partial charge on any atom is 0.169 e. The molecule has 2 fully saturated rings. The van der Waals surface area contributed by atoms with Gasteiger partial charge < -0.3 is 15.0 Å². The lowest BCUT2D eigenvalue weighted by atomic mass is 10.2. The van der Waals surface area contributed by atoms with Crippen LogP contribution in [0.1, 0.15) is 42.3 Å². The molecule has 0 aromatic carbocycles. The second-order valence-electron chi connectivity index (χ2n) is 7.33. The van der Waals surface area contributed by atoms with E-state index in [2.05, 4.69) is 10.4 Å². The molecule has 2 aliphatic heterocycles. The van der Waals surface area contributed by atoms with E-state index >= 15 is 0 Å². The minimum Gasteiger partial charge on any atom is -0.376 e. The van der Waals surface area contributed by atoms with E-state index in [-0.39, 0.29) is 23.7 Å². The topological polar surface area (TPSA) is 76.5 Å². The van der Waals surface area contributed by atoms with E-state index in [1.54, 1.807) is 0 Å². The number of ether oxygens (including phenoxy) is 1. The molecule has 9 heteroatoms. The van der Waals surface area contributed by atoms with Crippen LogP contribution in [0.15, 0.2) is 0 Å². The molecule has 3 rings (SSSR count). The molecule has 7 nitrogen and oxygen atoms in total. The highest BCUT2D eigenvalue weighted by atomic mass is 32.2. The number of sulfone groups is 1. The lowest BCUT2D eigenvalue weighted by Gasteiger charge is -2.22. The molecule has 2 aliphatic rings. The van der Waals surface area contributed by atoms with Gasteiger partial charge in [0.2, 0.25) is 0 Å². The third kappa shape index (κ3) is 4.37. The van der Waals surface area contributed by atoms with Gasteiger partial charge in [0, 0.05) is 38.0 Å². The zero-order chi connectivity index (χ0) is 18.9. The van der Waals surface area contributed by atoms with Crippen LogP contribution in [0.5, 0.6) is 0 Å². The molecular weight excluding hydrogens is 372 g/mol. The first-order valence-corrected chi connectivity index (χ1v) is 11.4. The summed E-state index contributed by atoms with van der Waals surface area (Å²) >= 11 is 5.49. The molecule has 3 heterocycles. The summed E-state index contributed by atoms with van der Waals surface area (Å²) in [7, 11) is -0.970. The number of rotatable bonds is 5. The summed E-state index contributed by atoms with van der Waals surface area (Å²) in [6.07, 6.45) is 3.08. The van der Waals surface area contributed by atoms with Crippen LogP contribution < -0.4 is 5.32 Å². The Hall–Kier alpha value is -1.19. The number of nitrogens with zero attached hydrogens (tertiary/aromatic N) is 3. The van der Waals surface area contributed by atoms with E-state index in [9.17, 15) is 8.42 Å². The molecule has 0 bridgehead atoms. The van der Waals surface area contributed by atoms with Gasteiger partial charge in [-0.25, -0.2) is 8.42 Å². The van der Waals surface area contributed by atoms with Crippen LogP contribution >= 0.6 is 12.2 Å². The number of hydrogen-bond donors (Lipinski definition) is 1. The maximum absolute atomic E-state index is 11.8. The zero-order valence-corrected chi connectivity index (χ0v) is 17.3. The van der Waals surface area contributed by atoms with Crippen molar-refractivity contribution in [2.24, 2.45) is 0 Å². The third-order valence-corrected chi connectivity index (χ3v) is 7.48. The Morgan fingerprint density at radius 3 is 2.81 bits per heavy atom. The van der Waals surface area contributed by atoms with Crippen molar-refractivity contribution in [2.75, 3.05) is 31.7 Å². The smallest absolute Gasteiger partial charge is 0.169 e. The molecule has 26 heavy (non-hydrogen) atoms. The van der Waals surface area contributed by atoms with E-state index in [1.165, 1.54) is 0 Å². The van der Waals surface area contributed by atoms with E-state index in [0.29, 0.717) is 18.1 Å². The van der Waals surface area contributed by atoms with E-state index in [1.807, 2.05) is 30.5 Å². The minimum atomic E-state index is -2.93. The van der Waals surface area contributed by atoms with Gasteiger partial charge in [-0.15, -0.1) is 0 Å². The minimum absolute atomic E-state index is 0.0534.